The molecule has 1 atom stereocenters. The third-order valence-electron chi connectivity index (χ3n) is 5.17. The third kappa shape index (κ3) is 4.51. The number of carbonyl (C=O) groups excluding carboxylic acids is 1. The summed E-state index contributed by atoms with van der Waals surface area (Å²) in [5, 5.41) is 30.8. The van der Waals surface area contributed by atoms with E-state index in [4.69, 9.17) is 4.74 Å². The van der Waals surface area contributed by atoms with Crippen molar-refractivity contribution in [1.29, 1.82) is 0 Å². The van der Waals surface area contributed by atoms with Gasteiger partial charge in [-0.05, 0) is 63.8 Å². The standard InChI is InChI=1S/C25H28O5/c1-14(2)5-7-16-11-17(8-10-19(16)26)23-13-22(29)24-21(28)12-20(27)18(25(24)30-23)9-6-15(3)4/h5-6,8,10-12,23,26-28H,7,9,13H2,1-4H3. The molecule has 5 nitrogen and oxygen atoms in total. The predicted molar refractivity (Wildman–Crippen MR) is 116 cm³/mol. The van der Waals surface area contributed by atoms with Crippen LogP contribution in [0, 0.1) is 0 Å². The number of rotatable bonds is 5. The van der Waals surface area contributed by atoms with Crippen molar-refractivity contribution in [2.24, 2.45) is 0 Å². The van der Waals surface area contributed by atoms with Crippen molar-refractivity contribution in [1.82, 2.24) is 0 Å². The Hall–Kier alpha value is -3.21. The maximum Gasteiger partial charge on any atom is 0.174 e. The molecule has 2 aromatic carbocycles. The van der Waals surface area contributed by atoms with Crippen molar-refractivity contribution < 1.29 is 24.9 Å². The zero-order chi connectivity index (χ0) is 22.0. The molecule has 0 bridgehead atoms. The minimum Gasteiger partial charge on any atom is -0.508 e. The van der Waals surface area contributed by atoms with E-state index in [0.717, 1.165) is 22.3 Å². The Morgan fingerprint density at radius 3 is 2.30 bits per heavy atom. The predicted octanol–water partition coefficient (Wildman–Crippen LogP) is 5.53. The van der Waals surface area contributed by atoms with Crippen molar-refractivity contribution in [2.75, 3.05) is 0 Å². The van der Waals surface area contributed by atoms with Crippen LogP contribution in [0.5, 0.6) is 23.0 Å². The van der Waals surface area contributed by atoms with Gasteiger partial charge in [0, 0.05) is 11.6 Å². The molecule has 3 rings (SSSR count). The van der Waals surface area contributed by atoms with Gasteiger partial charge in [0.1, 0.15) is 34.7 Å². The van der Waals surface area contributed by atoms with Gasteiger partial charge in [-0.2, -0.15) is 0 Å². The molecule has 30 heavy (non-hydrogen) atoms. The van der Waals surface area contributed by atoms with E-state index in [1.54, 1.807) is 12.1 Å². The van der Waals surface area contributed by atoms with Gasteiger partial charge in [0.05, 0.1) is 6.42 Å². The minimum absolute atomic E-state index is 0.0697. The zero-order valence-corrected chi connectivity index (χ0v) is 17.8. The van der Waals surface area contributed by atoms with Crippen LogP contribution in [0.15, 0.2) is 47.6 Å². The van der Waals surface area contributed by atoms with E-state index in [0.29, 0.717) is 18.4 Å². The van der Waals surface area contributed by atoms with Crippen molar-refractivity contribution in [2.45, 2.75) is 53.1 Å². The number of phenolic OH excluding ortho intramolecular Hbond substituents is 3. The van der Waals surface area contributed by atoms with E-state index in [2.05, 4.69) is 0 Å². The number of ketones is 1. The summed E-state index contributed by atoms with van der Waals surface area (Å²) >= 11 is 0. The monoisotopic (exact) mass is 408 g/mol. The van der Waals surface area contributed by atoms with E-state index in [1.807, 2.05) is 45.9 Å². The Morgan fingerprint density at radius 1 is 0.967 bits per heavy atom. The molecule has 0 amide bonds. The fourth-order valence-electron chi connectivity index (χ4n) is 3.50. The normalized spacial score (nSPS) is 15.2. The molecule has 1 aliphatic heterocycles. The summed E-state index contributed by atoms with van der Waals surface area (Å²) in [4.78, 5) is 12.9. The first-order valence-corrected chi connectivity index (χ1v) is 10.0. The van der Waals surface area contributed by atoms with Crippen LogP contribution in [0.2, 0.25) is 0 Å². The highest BCUT2D eigenvalue weighted by Crippen LogP contribution is 2.45. The first-order valence-electron chi connectivity index (χ1n) is 10.0. The van der Waals surface area contributed by atoms with Gasteiger partial charge in [-0.25, -0.2) is 0 Å². The molecule has 1 heterocycles. The minimum atomic E-state index is -0.567. The summed E-state index contributed by atoms with van der Waals surface area (Å²) in [6.07, 6.45) is 4.42. The first kappa shape index (κ1) is 21.5. The van der Waals surface area contributed by atoms with Gasteiger partial charge in [0.2, 0.25) is 0 Å². The van der Waals surface area contributed by atoms with E-state index < -0.39 is 6.10 Å². The van der Waals surface area contributed by atoms with Crippen LogP contribution in [0.1, 0.15) is 67.3 Å². The number of phenols is 3. The summed E-state index contributed by atoms with van der Waals surface area (Å²) in [6, 6.07) is 6.39. The second-order valence-corrected chi connectivity index (χ2v) is 8.19. The molecule has 158 valence electrons. The highest BCUT2D eigenvalue weighted by atomic mass is 16.5. The Kier molecular flexibility index (Phi) is 6.20. The number of allylic oxidation sites excluding steroid dienone is 4. The first-order chi connectivity index (χ1) is 14.2. The highest BCUT2D eigenvalue weighted by molar-refractivity contribution is 6.03. The lowest BCUT2D eigenvalue weighted by molar-refractivity contribution is 0.0842. The summed E-state index contributed by atoms with van der Waals surface area (Å²) in [5.74, 6) is -0.200. The molecule has 0 radical (unpaired) electrons. The Labute approximate surface area is 177 Å². The molecule has 5 heteroatoms. The van der Waals surface area contributed by atoms with E-state index in [1.165, 1.54) is 6.07 Å². The molecule has 1 unspecified atom stereocenters. The average molecular weight is 408 g/mol. The average Bonchev–Trinajstić information content (AvgIpc) is 2.66. The molecule has 0 aromatic heterocycles. The highest BCUT2D eigenvalue weighted by Gasteiger charge is 2.33. The molecular weight excluding hydrogens is 380 g/mol. The molecule has 0 fully saturated rings. The summed E-state index contributed by atoms with van der Waals surface area (Å²) in [5.41, 5.74) is 4.32. The molecular formula is C25H28O5. The lowest BCUT2D eigenvalue weighted by Gasteiger charge is -2.28. The smallest absolute Gasteiger partial charge is 0.174 e. The number of fused-ring (bicyclic) bond motifs is 1. The van der Waals surface area contributed by atoms with Crippen molar-refractivity contribution in [3.05, 3.63) is 69.8 Å². The van der Waals surface area contributed by atoms with Crippen molar-refractivity contribution >= 4 is 5.78 Å². The van der Waals surface area contributed by atoms with Crippen LogP contribution in [0.25, 0.3) is 0 Å². The zero-order valence-electron chi connectivity index (χ0n) is 17.8. The maximum atomic E-state index is 12.9. The lowest BCUT2D eigenvalue weighted by Crippen LogP contribution is -2.22. The quantitative estimate of drug-likeness (QED) is 0.567. The van der Waals surface area contributed by atoms with Crippen LogP contribution >= 0.6 is 0 Å². The van der Waals surface area contributed by atoms with Gasteiger partial charge in [0.15, 0.2) is 5.78 Å². The van der Waals surface area contributed by atoms with Gasteiger partial charge in [-0.15, -0.1) is 0 Å². The molecule has 2 aromatic rings. The van der Waals surface area contributed by atoms with Crippen LogP contribution in [0.4, 0.5) is 0 Å². The fourth-order valence-corrected chi connectivity index (χ4v) is 3.50. The largest absolute Gasteiger partial charge is 0.508 e. The van der Waals surface area contributed by atoms with Gasteiger partial charge in [0.25, 0.3) is 0 Å². The molecule has 0 saturated heterocycles. The molecule has 0 spiro atoms. The van der Waals surface area contributed by atoms with Crippen molar-refractivity contribution in [3.63, 3.8) is 0 Å². The van der Waals surface area contributed by atoms with Crippen molar-refractivity contribution in [3.8, 4) is 23.0 Å². The summed E-state index contributed by atoms with van der Waals surface area (Å²) in [7, 11) is 0. The second-order valence-electron chi connectivity index (χ2n) is 8.19. The van der Waals surface area contributed by atoms with Gasteiger partial charge in [-0.3, -0.25) is 4.79 Å². The SMILES string of the molecule is CC(C)=CCc1cc(C2CC(=O)c3c(O)cc(O)c(CC=C(C)C)c3O2)ccc1O. The number of benzene rings is 2. The number of carbonyl (C=O) groups is 1. The topological polar surface area (TPSA) is 87.0 Å². The van der Waals surface area contributed by atoms with E-state index >= 15 is 0 Å². The summed E-state index contributed by atoms with van der Waals surface area (Å²) < 4.78 is 6.17. The molecule has 3 N–H and O–H groups in total. The summed E-state index contributed by atoms with van der Waals surface area (Å²) in [6.45, 7) is 7.88. The Balaban J connectivity index is 2.02. The lowest BCUT2D eigenvalue weighted by atomic mass is 9.91. The van der Waals surface area contributed by atoms with Gasteiger partial charge >= 0.3 is 0 Å². The Morgan fingerprint density at radius 2 is 1.63 bits per heavy atom. The molecule has 1 aliphatic rings. The number of ether oxygens (including phenoxy) is 1. The van der Waals surface area contributed by atoms with Crippen LogP contribution in [-0.4, -0.2) is 21.1 Å². The van der Waals surface area contributed by atoms with Gasteiger partial charge in [-0.1, -0.05) is 29.4 Å². The number of hydrogen-bond donors (Lipinski definition) is 3. The van der Waals surface area contributed by atoms with Crippen LogP contribution in [0.3, 0.4) is 0 Å². The Bertz CT molecular complexity index is 1040. The fraction of sp³-hybridized carbons (Fsp3) is 0.320. The number of hydrogen-bond acceptors (Lipinski definition) is 5. The van der Waals surface area contributed by atoms with Crippen LogP contribution < -0.4 is 4.74 Å². The number of Topliss-reactive ketones (excluding diaryl/α,β-unsaturated/α-hetero) is 1. The second kappa shape index (κ2) is 8.66. The van der Waals surface area contributed by atoms with Crippen LogP contribution in [-0.2, 0) is 12.8 Å². The van der Waals surface area contributed by atoms with Gasteiger partial charge < -0.3 is 20.1 Å². The molecule has 0 saturated carbocycles. The van der Waals surface area contributed by atoms with E-state index in [-0.39, 0.29) is 40.8 Å². The molecule has 0 aliphatic carbocycles. The van der Waals surface area contributed by atoms with E-state index in [9.17, 15) is 20.1 Å². The third-order valence-corrected chi connectivity index (χ3v) is 5.17. The number of aromatic hydroxyl groups is 3. The maximum absolute atomic E-state index is 12.9.